The van der Waals surface area contributed by atoms with Crippen molar-refractivity contribution in [3.8, 4) is 5.75 Å². The van der Waals surface area contributed by atoms with Crippen molar-refractivity contribution in [2.24, 2.45) is 0 Å². The molecule has 0 aliphatic heterocycles. The van der Waals surface area contributed by atoms with Crippen LogP contribution in [0.15, 0.2) is 48.5 Å². The number of benzene rings is 2. The summed E-state index contributed by atoms with van der Waals surface area (Å²) in [7, 11) is 0. The van der Waals surface area contributed by atoms with Crippen molar-refractivity contribution in [3.05, 3.63) is 71.0 Å². The van der Waals surface area contributed by atoms with Gasteiger partial charge in [-0.05, 0) is 68.8 Å². The van der Waals surface area contributed by atoms with Gasteiger partial charge in [-0.1, -0.05) is 6.07 Å². The summed E-state index contributed by atoms with van der Waals surface area (Å²) in [4.78, 5) is 21.0. The number of phenols is 1. The van der Waals surface area contributed by atoms with Gasteiger partial charge in [0.25, 0.3) is 5.91 Å². The number of phenolic OH excluding ortho intramolecular Hbond substituents is 1. The van der Waals surface area contributed by atoms with Gasteiger partial charge in [0.1, 0.15) is 5.75 Å². The van der Waals surface area contributed by atoms with Crippen molar-refractivity contribution in [2.45, 2.75) is 20.8 Å². The molecule has 3 rings (SSSR count). The van der Waals surface area contributed by atoms with Gasteiger partial charge in [0, 0.05) is 22.6 Å². The number of nitrogens with zero attached hydrogens (tertiary/aromatic N) is 2. The Morgan fingerprint density at radius 2 is 1.58 bits per heavy atom. The van der Waals surface area contributed by atoms with E-state index in [1.807, 2.05) is 26.8 Å². The summed E-state index contributed by atoms with van der Waals surface area (Å²) in [5.41, 5.74) is 4.37. The minimum Gasteiger partial charge on any atom is -0.506 e. The number of amides is 1. The van der Waals surface area contributed by atoms with E-state index in [9.17, 15) is 9.90 Å². The first-order chi connectivity index (χ1) is 12.4. The summed E-state index contributed by atoms with van der Waals surface area (Å²) < 4.78 is 0. The van der Waals surface area contributed by atoms with Gasteiger partial charge in [0.2, 0.25) is 5.95 Å². The summed E-state index contributed by atoms with van der Waals surface area (Å²) in [6, 6.07) is 13.9. The zero-order chi connectivity index (χ0) is 18.7. The number of aryl methyl sites for hydroxylation is 3. The van der Waals surface area contributed by atoms with E-state index in [2.05, 4.69) is 20.6 Å². The second-order valence-electron chi connectivity index (χ2n) is 6.15. The fourth-order valence-electron chi connectivity index (χ4n) is 2.56. The molecule has 0 fully saturated rings. The molecular formula is C20H20N4O2. The van der Waals surface area contributed by atoms with Gasteiger partial charge < -0.3 is 15.7 Å². The topological polar surface area (TPSA) is 87.1 Å². The highest BCUT2D eigenvalue weighted by Crippen LogP contribution is 2.24. The number of hydrogen-bond acceptors (Lipinski definition) is 5. The van der Waals surface area contributed by atoms with Crippen LogP contribution >= 0.6 is 0 Å². The van der Waals surface area contributed by atoms with Gasteiger partial charge in [-0.2, -0.15) is 0 Å². The number of carbonyl (C=O) groups excluding carboxylic acids is 1. The van der Waals surface area contributed by atoms with E-state index in [0.29, 0.717) is 17.2 Å². The average molecular weight is 348 g/mol. The largest absolute Gasteiger partial charge is 0.506 e. The highest BCUT2D eigenvalue weighted by Gasteiger charge is 2.09. The zero-order valence-corrected chi connectivity index (χ0v) is 14.9. The molecule has 0 bridgehead atoms. The number of carbonyl (C=O) groups is 1. The van der Waals surface area contributed by atoms with Crippen LogP contribution in [0.4, 0.5) is 17.3 Å². The monoisotopic (exact) mass is 348 g/mol. The van der Waals surface area contributed by atoms with E-state index in [-0.39, 0.29) is 11.7 Å². The number of nitrogens with one attached hydrogen (secondary N) is 2. The van der Waals surface area contributed by atoms with Crippen molar-refractivity contribution in [2.75, 3.05) is 10.6 Å². The maximum absolute atomic E-state index is 12.4. The van der Waals surface area contributed by atoms with E-state index in [1.165, 1.54) is 0 Å². The summed E-state index contributed by atoms with van der Waals surface area (Å²) in [6.45, 7) is 5.71. The Morgan fingerprint density at radius 3 is 2.23 bits per heavy atom. The maximum atomic E-state index is 12.4. The summed E-state index contributed by atoms with van der Waals surface area (Å²) in [5, 5.41) is 15.7. The molecule has 0 saturated heterocycles. The Labute approximate surface area is 152 Å². The Balaban J connectivity index is 1.72. The molecule has 0 aliphatic rings. The fourth-order valence-corrected chi connectivity index (χ4v) is 2.56. The van der Waals surface area contributed by atoms with Crippen LogP contribution in [0.2, 0.25) is 0 Å². The number of aromatic hydroxyl groups is 1. The first-order valence-electron chi connectivity index (χ1n) is 8.21. The third-order valence-corrected chi connectivity index (χ3v) is 3.79. The second-order valence-corrected chi connectivity index (χ2v) is 6.15. The molecule has 0 unspecified atom stereocenters. The van der Waals surface area contributed by atoms with Crippen molar-refractivity contribution in [1.82, 2.24) is 9.97 Å². The first kappa shape index (κ1) is 17.4. The third kappa shape index (κ3) is 4.16. The lowest BCUT2D eigenvalue weighted by molar-refractivity contribution is 0.102. The quantitative estimate of drug-likeness (QED) is 0.618. The van der Waals surface area contributed by atoms with E-state index in [0.717, 1.165) is 22.6 Å². The van der Waals surface area contributed by atoms with Crippen LogP contribution < -0.4 is 10.6 Å². The zero-order valence-electron chi connectivity index (χ0n) is 14.9. The molecule has 0 spiro atoms. The predicted octanol–water partition coefficient (Wildman–Crippen LogP) is 4.10. The van der Waals surface area contributed by atoms with Crippen LogP contribution in [-0.2, 0) is 0 Å². The van der Waals surface area contributed by atoms with Gasteiger partial charge in [-0.25, -0.2) is 9.97 Å². The maximum Gasteiger partial charge on any atom is 0.255 e. The summed E-state index contributed by atoms with van der Waals surface area (Å²) >= 11 is 0. The number of hydrogen-bond donors (Lipinski definition) is 3. The third-order valence-electron chi connectivity index (χ3n) is 3.79. The molecule has 26 heavy (non-hydrogen) atoms. The second kappa shape index (κ2) is 7.23. The Hall–Kier alpha value is -3.41. The van der Waals surface area contributed by atoms with E-state index >= 15 is 0 Å². The molecule has 3 aromatic rings. The van der Waals surface area contributed by atoms with E-state index < -0.39 is 0 Å². The smallest absolute Gasteiger partial charge is 0.255 e. The average Bonchev–Trinajstić information content (AvgIpc) is 2.58. The Kier molecular flexibility index (Phi) is 4.84. The molecule has 1 amide bonds. The lowest BCUT2D eigenvalue weighted by Crippen LogP contribution is -2.12. The van der Waals surface area contributed by atoms with E-state index in [4.69, 9.17) is 0 Å². The van der Waals surface area contributed by atoms with Crippen molar-refractivity contribution in [1.29, 1.82) is 0 Å². The van der Waals surface area contributed by atoms with Crippen LogP contribution in [0.1, 0.15) is 27.3 Å². The van der Waals surface area contributed by atoms with Crippen molar-refractivity contribution in [3.63, 3.8) is 0 Å². The highest BCUT2D eigenvalue weighted by molar-refractivity contribution is 6.05. The molecule has 0 aliphatic carbocycles. The number of rotatable bonds is 4. The van der Waals surface area contributed by atoms with Gasteiger partial charge in [-0.3, -0.25) is 4.79 Å². The Bertz CT molecular complexity index is 932. The number of anilines is 3. The molecule has 6 nitrogen and oxygen atoms in total. The summed E-state index contributed by atoms with van der Waals surface area (Å²) in [5.74, 6) is 0.263. The highest BCUT2D eigenvalue weighted by atomic mass is 16.3. The van der Waals surface area contributed by atoms with Crippen LogP contribution in [0.25, 0.3) is 0 Å². The Morgan fingerprint density at radius 1 is 0.923 bits per heavy atom. The van der Waals surface area contributed by atoms with Gasteiger partial charge in [0.15, 0.2) is 0 Å². The molecule has 1 heterocycles. The van der Waals surface area contributed by atoms with Crippen LogP contribution in [-0.4, -0.2) is 21.0 Å². The van der Waals surface area contributed by atoms with Crippen LogP contribution in [0.5, 0.6) is 5.75 Å². The van der Waals surface area contributed by atoms with Crippen LogP contribution in [0.3, 0.4) is 0 Å². The first-order valence-corrected chi connectivity index (χ1v) is 8.21. The minimum atomic E-state index is -0.292. The SMILES string of the molecule is Cc1ccc(O)c(NC(=O)c2ccc(Nc3nc(C)cc(C)n3)cc2)c1. The van der Waals surface area contributed by atoms with Gasteiger partial charge in [0.05, 0.1) is 5.69 Å². The molecule has 6 heteroatoms. The molecule has 0 atom stereocenters. The lowest BCUT2D eigenvalue weighted by Gasteiger charge is -2.10. The normalized spacial score (nSPS) is 10.4. The fraction of sp³-hybridized carbons (Fsp3) is 0.150. The molecule has 0 saturated carbocycles. The van der Waals surface area contributed by atoms with Crippen LogP contribution in [0, 0.1) is 20.8 Å². The van der Waals surface area contributed by atoms with Gasteiger partial charge >= 0.3 is 0 Å². The molecule has 3 N–H and O–H groups in total. The molecule has 132 valence electrons. The lowest BCUT2D eigenvalue weighted by atomic mass is 10.1. The van der Waals surface area contributed by atoms with Gasteiger partial charge in [-0.15, -0.1) is 0 Å². The van der Waals surface area contributed by atoms with Crippen molar-refractivity contribution < 1.29 is 9.90 Å². The molecule has 0 radical (unpaired) electrons. The standard InChI is InChI=1S/C20H20N4O2/c1-12-4-9-18(25)17(10-12)24-19(26)15-5-7-16(8-6-15)23-20-21-13(2)11-14(3)22-20/h4-11,25H,1-3H3,(H,24,26)(H,21,22,23). The minimum absolute atomic E-state index is 0.0363. The summed E-state index contributed by atoms with van der Waals surface area (Å²) in [6.07, 6.45) is 0. The molecule has 2 aromatic carbocycles. The number of aromatic nitrogens is 2. The van der Waals surface area contributed by atoms with E-state index in [1.54, 1.807) is 42.5 Å². The molecular weight excluding hydrogens is 328 g/mol. The molecule has 1 aromatic heterocycles. The van der Waals surface area contributed by atoms with Crippen molar-refractivity contribution >= 4 is 23.2 Å². The predicted molar refractivity (Wildman–Crippen MR) is 102 cm³/mol.